The van der Waals surface area contributed by atoms with Crippen LogP contribution in [-0.4, -0.2) is 26.5 Å². The number of hydroxylamine groups is 1. The van der Waals surface area contributed by atoms with Gasteiger partial charge in [-0.25, -0.2) is 9.72 Å². The summed E-state index contributed by atoms with van der Waals surface area (Å²) in [5.41, 5.74) is 1.06. The number of hydrogen-bond acceptors (Lipinski definition) is 2. The van der Waals surface area contributed by atoms with E-state index in [1.807, 2.05) is 32.9 Å². The molecule has 4 nitrogen and oxygen atoms in total. The number of imidazole rings is 1. The molecule has 2 rings (SSSR count). The molecule has 19 heavy (non-hydrogen) atoms. The van der Waals surface area contributed by atoms with E-state index in [4.69, 9.17) is 11.6 Å². The van der Waals surface area contributed by atoms with Gasteiger partial charge in [-0.05, 0) is 24.3 Å². The number of benzene rings is 1. The summed E-state index contributed by atoms with van der Waals surface area (Å²) in [6.07, 6.45) is 3.19. The number of H-pyrrole nitrogens is 1. The normalized spacial score (nSPS) is 12.7. The van der Waals surface area contributed by atoms with E-state index >= 15 is 0 Å². The molecule has 1 aromatic carbocycles. The van der Waals surface area contributed by atoms with E-state index in [0.29, 0.717) is 16.5 Å². The van der Waals surface area contributed by atoms with Gasteiger partial charge in [0.25, 0.3) is 0 Å². The molecular formula is C14H16ClN3O. The van der Waals surface area contributed by atoms with E-state index in [9.17, 15) is 5.21 Å². The molecule has 0 radical (unpaired) electrons. The summed E-state index contributed by atoms with van der Waals surface area (Å²) in [6.45, 7) is 5.55. The molecule has 2 aromatic rings. The smallest absolute Gasteiger partial charge is 0.202 e. The first-order chi connectivity index (χ1) is 8.86. The van der Waals surface area contributed by atoms with Gasteiger partial charge in [0.2, 0.25) is 6.21 Å². The van der Waals surface area contributed by atoms with Crippen molar-refractivity contribution in [1.29, 1.82) is 0 Å². The van der Waals surface area contributed by atoms with Crippen LogP contribution < -0.4 is 0 Å². The molecule has 5 heteroatoms. The maximum absolute atomic E-state index is 11.8. The van der Waals surface area contributed by atoms with Crippen molar-refractivity contribution < 1.29 is 4.74 Å². The van der Waals surface area contributed by atoms with Gasteiger partial charge in [0.1, 0.15) is 11.5 Å². The van der Waals surface area contributed by atoms with Crippen LogP contribution in [0.15, 0.2) is 30.5 Å². The molecular weight excluding hydrogens is 262 g/mol. The van der Waals surface area contributed by atoms with E-state index in [1.165, 1.54) is 6.21 Å². The van der Waals surface area contributed by atoms with Crippen molar-refractivity contribution >= 4 is 17.8 Å². The summed E-state index contributed by atoms with van der Waals surface area (Å²) in [7, 11) is 0. The lowest BCUT2D eigenvalue weighted by atomic mass is 10.1. The van der Waals surface area contributed by atoms with Gasteiger partial charge in [-0.1, -0.05) is 11.6 Å². The predicted octanol–water partition coefficient (Wildman–Crippen LogP) is 3.46. The summed E-state index contributed by atoms with van der Waals surface area (Å²) < 4.78 is 0.898. The van der Waals surface area contributed by atoms with Crippen LogP contribution in [0.5, 0.6) is 0 Å². The van der Waals surface area contributed by atoms with Gasteiger partial charge in [-0.15, -0.1) is 0 Å². The van der Waals surface area contributed by atoms with Gasteiger partial charge >= 0.3 is 0 Å². The number of nitrogens with zero attached hydrogens (tertiary/aromatic N) is 2. The van der Waals surface area contributed by atoms with Crippen molar-refractivity contribution in [3.05, 3.63) is 46.4 Å². The second-order valence-corrected chi connectivity index (χ2v) is 5.74. The fraction of sp³-hybridized carbons (Fsp3) is 0.286. The lowest BCUT2D eigenvalue weighted by Crippen LogP contribution is -2.29. The van der Waals surface area contributed by atoms with E-state index in [-0.39, 0.29) is 0 Å². The van der Waals surface area contributed by atoms with Gasteiger partial charge in [0.05, 0.1) is 0 Å². The van der Waals surface area contributed by atoms with Crippen molar-refractivity contribution in [3.8, 4) is 11.4 Å². The highest BCUT2D eigenvalue weighted by atomic mass is 35.5. The zero-order chi connectivity index (χ0) is 14.0. The summed E-state index contributed by atoms with van der Waals surface area (Å²) in [6, 6.07) is 7.36. The standard InChI is InChI=1S/C14H16ClN3O/c1-14(2,3)18(19)9-12-8-16-13(17-12)10-4-6-11(15)7-5-10/h4-9H,1-3H3,(H,16,17). The molecule has 0 fully saturated rings. The Morgan fingerprint density at radius 3 is 2.47 bits per heavy atom. The average molecular weight is 278 g/mol. The van der Waals surface area contributed by atoms with Crippen molar-refractivity contribution in [1.82, 2.24) is 9.97 Å². The molecule has 1 aromatic heterocycles. The summed E-state index contributed by atoms with van der Waals surface area (Å²) in [4.78, 5) is 7.42. The van der Waals surface area contributed by atoms with Crippen molar-refractivity contribution in [2.24, 2.45) is 0 Å². The van der Waals surface area contributed by atoms with E-state index < -0.39 is 5.54 Å². The number of hydrogen-bond donors (Lipinski definition) is 1. The Morgan fingerprint density at radius 2 is 1.89 bits per heavy atom. The molecule has 0 atom stereocenters. The zero-order valence-electron chi connectivity index (χ0n) is 11.1. The lowest BCUT2D eigenvalue weighted by molar-refractivity contribution is -0.530. The van der Waals surface area contributed by atoms with Crippen LogP contribution in [0.2, 0.25) is 5.02 Å². The van der Waals surface area contributed by atoms with Crippen molar-refractivity contribution in [2.75, 3.05) is 0 Å². The molecule has 0 spiro atoms. The van der Waals surface area contributed by atoms with Crippen LogP contribution in [0.4, 0.5) is 0 Å². The average Bonchev–Trinajstić information content (AvgIpc) is 2.77. The fourth-order valence-corrected chi connectivity index (χ4v) is 1.60. The first-order valence-electron chi connectivity index (χ1n) is 5.99. The van der Waals surface area contributed by atoms with Crippen LogP contribution in [0, 0.1) is 5.21 Å². The second-order valence-electron chi connectivity index (χ2n) is 5.31. The largest absolute Gasteiger partial charge is 0.623 e. The Bertz CT molecular complexity index is 594. The minimum Gasteiger partial charge on any atom is -0.623 e. The monoisotopic (exact) mass is 277 g/mol. The molecule has 0 saturated heterocycles. The number of nitrogens with one attached hydrogen (secondary N) is 1. The molecule has 0 aliphatic heterocycles. The highest BCUT2D eigenvalue weighted by Crippen LogP contribution is 2.18. The van der Waals surface area contributed by atoms with E-state index in [0.717, 1.165) is 10.3 Å². The molecule has 0 unspecified atom stereocenters. The Kier molecular flexibility index (Phi) is 3.62. The van der Waals surface area contributed by atoms with Crippen LogP contribution in [0.25, 0.3) is 11.4 Å². The number of aromatic nitrogens is 2. The SMILES string of the molecule is CC(C)(C)[N+]([O-])=Cc1c[nH]c(-c2ccc(Cl)cc2)n1. The van der Waals surface area contributed by atoms with E-state index in [1.54, 1.807) is 18.3 Å². The predicted molar refractivity (Wildman–Crippen MR) is 77.6 cm³/mol. The third kappa shape index (κ3) is 3.35. The van der Waals surface area contributed by atoms with Gasteiger partial charge in [0.15, 0.2) is 5.54 Å². The maximum Gasteiger partial charge on any atom is 0.202 e. The lowest BCUT2D eigenvalue weighted by Gasteiger charge is -2.17. The van der Waals surface area contributed by atoms with Crippen LogP contribution in [-0.2, 0) is 0 Å². The number of halogens is 1. The fourth-order valence-electron chi connectivity index (χ4n) is 1.47. The number of rotatable bonds is 2. The molecule has 1 heterocycles. The molecule has 0 amide bonds. The Hall–Kier alpha value is -1.81. The highest BCUT2D eigenvalue weighted by molar-refractivity contribution is 6.30. The van der Waals surface area contributed by atoms with Crippen molar-refractivity contribution in [3.63, 3.8) is 0 Å². The van der Waals surface area contributed by atoms with Crippen LogP contribution in [0.3, 0.4) is 0 Å². The van der Waals surface area contributed by atoms with Crippen molar-refractivity contribution in [2.45, 2.75) is 26.3 Å². The minimum atomic E-state index is -0.473. The first kappa shape index (κ1) is 13.6. The molecule has 0 aliphatic carbocycles. The summed E-state index contributed by atoms with van der Waals surface area (Å²) in [5, 5.41) is 12.5. The zero-order valence-corrected chi connectivity index (χ0v) is 11.9. The van der Waals surface area contributed by atoms with E-state index in [2.05, 4.69) is 9.97 Å². The first-order valence-corrected chi connectivity index (χ1v) is 6.37. The van der Waals surface area contributed by atoms with Gasteiger partial charge in [-0.3, -0.25) is 0 Å². The van der Waals surface area contributed by atoms with Gasteiger partial charge in [0, 0.05) is 37.6 Å². The van der Waals surface area contributed by atoms with Gasteiger partial charge in [-0.2, -0.15) is 0 Å². The second kappa shape index (κ2) is 5.05. The molecule has 0 aliphatic rings. The maximum atomic E-state index is 11.8. The quantitative estimate of drug-likeness (QED) is 0.396. The topological polar surface area (TPSA) is 54.8 Å². The minimum absolute atomic E-state index is 0.473. The Morgan fingerprint density at radius 1 is 1.26 bits per heavy atom. The Balaban J connectivity index is 2.27. The highest BCUT2D eigenvalue weighted by Gasteiger charge is 2.18. The molecule has 100 valence electrons. The molecule has 0 bridgehead atoms. The summed E-state index contributed by atoms with van der Waals surface area (Å²) in [5.74, 6) is 0.713. The Labute approximate surface area is 117 Å². The third-order valence-corrected chi connectivity index (χ3v) is 2.88. The van der Waals surface area contributed by atoms with Crippen LogP contribution >= 0.6 is 11.6 Å². The molecule has 0 saturated carbocycles. The van der Waals surface area contributed by atoms with Crippen LogP contribution in [0.1, 0.15) is 26.5 Å². The number of aromatic amines is 1. The van der Waals surface area contributed by atoms with Gasteiger partial charge < -0.3 is 10.2 Å². The summed E-state index contributed by atoms with van der Waals surface area (Å²) >= 11 is 5.84. The molecule has 1 N–H and O–H groups in total. The third-order valence-electron chi connectivity index (χ3n) is 2.63.